The first kappa shape index (κ1) is 16.8. The Labute approximate surface area is 118 Å². The molecule has 1 amide bonds. The van der Waals surface area contributed by atoms with Gasteiger partial charge in [0.1, 0.15) is 11.8 Å². The summed E-state index contributed by atoms with van der Waals surface area (Å²) in [5, 5.41) is 8.80. The maximum atomic E-state index is 12.1. The van der Waals surface area contributed by atoms with Gasteiger partial charge in [0.25, 0.3) is 0 Å². The normalized spacial score (nSPS) is 12.6. The second-order valence-electron chi connectivity index (χ2n) is 4.39. The number of likely N-dealkylation sites (N-methyl/N-ethyl adjacent to an activating group) is 1. The van der Waals surface area contributed by atoms with E-state index >= 15 is 0 Å². The minimum Gasteiger partial charge on any atom is -0.480 e. The van der Waals surface area contributed by atoms with Crippen molar-refractivity contribution in [3.05, 3.63) is 29.8 Å². The summed E-state index contributed by atoms with van der Waals surface area (Å²) in [4.78, 5) is 23.6. The highest BCUT2D eigenvalue weighted by atomic mass is 19.4. The number of ether oxygens (including phenoxy) is 1. The molecule has 1 atom stereocenters. The third-order valence-corrected chi connectivity index (χ3v) is 2.82. The van der Waals surface area contributed by atoms with Gasteiger partial charge in [-0.15, -0.1) is 13.2 Å². The summed E-state index contributed by atoms with van der Waals surface area (Å²) in [6.45, 7) is 1.34. The SMILES string of the molecule is CC(C(=O)O)N(C)C(=O)Cc1cccc(OC(F)(F)F)c1. The molecule has 0 spiro atoms. The Morgan fingerprint density at radius 3 is 2.52 bits per heavy atom. The van der Waals surface area contributed by atoms with Crippen molar-refractivity contribution in [2.75, 3.05) is 7.05 Å². The number of carbonyl (C=O) groups is 2. The lowest BCUT2D eigenvalue weighted by Crippen LogP contribution is -2.41. The van der Waals surface area contributed by atoms with E-state index < -0.39 is 30.0 Å². The predicted molar refractivity (Wildman–Crippen MR) is 66.7 cm³/mol. The van der Waals surface area contributed by atoms with Crippen molar-refractivity contribution >= 4 is 11.9 Å². The molecule has 1 aromatic rings. The van der Waals surface area contributed by atoms with E-state index in [2.05, 4.69) is 4.74 Å². The molecule has 1 rings (SSSR count). The topological polar surface area (TPSA) is 66.8 Å². The highest BCUT2D eigenvalue weighted by molar-refractivity contribution is 5.84. The van der Waals surface area contributed by atoms with E-state index in [1.54, 1.807) is 0 Å². The number of hydrogen-bond donors (Lipinski definition) is 1. The zero-order chi connectivity index (χ0) is 16.2. The molecule has 8 heteroatoms. The van der Waals surface area contributed by atoms with Crippen LogP contribution in [0.15, 0.2) is 24.3 Å². The summed E-state index contributed by atoms with van der Waals surface area (Å²) in [6, 6.07) is 3.97. The van der Waals surface area contributed by atoms with Crippen LogP contribution < -0.4 is 4.74 Å². The van der Waals surface area contributed by atoms with Crippen molar-refractivity contribution in [2.45, 2.75) is 25.7 Å². The van der Waals surface area contributed by atoms with Crippen LogP contribution in [0.1, 0.15) is 12.5 Å². The molecule has 0 saturated heterocycles. The predicted octanol–water partition coefficient (Wildman–Crippen LogP) is 2.06. The van der Waals surface area contributed by atoms with Gasteiger partial charge in [-0.1, -0.05) is 12.1 Å². The average Bonchev–Trinajstić information content (AvgIpc) is 2.35. The molecule has 0 aliphatic heterocycles. The number of nitrogens with zero attached hydrogens (tertiary/aromatic N) is 1. The number of amides is 1. The van der Waals surface area contributed by atoms with Gasteiger partial charge in [0, 0.05) is 7.05 Å². The summed E-state index contributed by atoms with van der Waals surface area (Å²) in [7, 11) is 1.32. The Morgan fingerprint density at radius 2 is 2.00 bits per heavy atom. The molecule has 1 N–H and O–H groups in total. The minimum absolute atomic E-state index is 0.219. The van der Waals surface area contributed by atoms with Gasteiger partial charge in [-0.2, -0.15) is 0 Å². The lowest BCUT2D eigenvalue weighted by Gasteiger charge is -2.21. The van der Waals surface area contributed by atoms with Crippen LogP contribution >= 0.6 is 0 Å². The minimum atomic E-state index is -4.81. The van der Waals surface area contributed by atoms with Gasteiger partial charge in [0.2, 0.25) is 5.91 Å². The Hall–Kier alpha value is -2.25. The monoisotopic (exact) mass is 305 g/mol. The Morgan fingerprint density at radius 1 is 1.38 bits per heavy atom. The fourth-order valence-corrected chi connectivity index (χ4v) is 1.53. The van der Waals surface area contributed by atoms with Gasteiger partial charge in [-0.25, -0.2) is 4.79 Å². The van der Waals surface area contributed by atoms with Crippen molar-refractivity contribution in [2.24, 2.45) is 0 Å². The second kappa shape index (κ2) is 6.47. The fraction of sp³-hybridized carbons (Fsp3) is 0.385. The molecule has 0 heterocycles. The zero-order valence-corrected chi connectivity index (χ0v) is 11.3. The smallest absolute Gasteiger partial charge is 0.480 e. The lowest BCUT2D eigenvalue weighted by atomic mass is 10.1. The van der Waals surface area contributed by atoms with Crippen LogP contribution in [-0.2, 0) is 16.0 Å². The van der Waals surface area contributed by atoms with Gasteiger partial charge in [-0.3, -0.25) is 4.79 Å². The van der Waals surface area contributed by atoms with Gasteiger partial charge in [-0.05, 0) is 24.6 Å². The third-order valence-electron chi connectivity index (χ3n) is 2.82. The summed E-state index contributed by atoms with van der Waals surface area (Å²) in [5.74, 6) is -2.11. The molecule has 116 valence electrons. The Balaban J connectivity index is 2.77. The summed E-state index contributed by atoms with van der Waals surface area (Å²) < 4.78 is 40.0. The van der Waals surface area contributed by atoms with Crippen LogP contribution in [0.4, 0.5) is 13.2 Å². The van der Waals surface area contributed by atoms with E-state index in [0.29, 0.717) is 5.56 Å². The first-order valence-electron chi connectivity index (χ1n) is 5.93. The number of carboxylic acids is 1. The number of hydrogen-bond acceptors (Lipinski definition) is 3. The molecule has 21 heavy (non-hydrogen) atoms. The van der Waals surface area contributed by atoms with Crippen LogP contribution in [0.3, 0.4) is 0 Å². The van der Waals surface area contributed by atoms with Gasteiger partial charge < -0.3 is 14.7 Å². The standard InChI is InChI=1S/C13H14F3NO4/c1-8(12(19)20)17(2)11(18)7-9-4-3-5-10(6-9)21-13(14,15)16/h3-6,8H,7H2,1-2H3,(H,19,20). The number of benzene rings is 1. The van der Waals surface area contributed by atoms with E-state index in [1.807, 2.05) is 0 Å². The number of rotatable bonds is 5. The molecule has 0 aliphatic rings. The van der Waals surface area contributed by atoms with Crippen LogP contribution in [0.2, 0.25) is 0 Å². The molecule has 0 fully saturated rings. The third kappa shape index (κ3) is 5.33. The average molecular weight is 305 g/mol. The van der Waals surface area contributed by atoms with Crippen molar-refractivity contribution in [1.29, 1.82) is 0 Å². The molecule has 1 unspecified atom stereocenters. The number of aliphatic carboxylic acids is 1. The molecule has 0 bridgehead atoms. The maximum Gasteiger partial charge on any atom is 0.573 e. The lowest BCUT2D eigenvalue weighted by molar-refractivity contribution is -0.274. The van der Waals surface area contributed by atoms with Crippen LogP contribution in [-0.4, -0.2) is 41.3 Å². The second-order valence-corrected chi connectivity index (χ2v) is 4.39. The number of carbonyl (C=O) groups excluding carboxylic acids is 1. The molecular weight excluding hydrogens is 291 g/mol. The Kier molecular flexibility index (Phi) is 5.17. The number of carboxylic acid groups (broad SMARTS) is 1. The van der Waals surface area contributed by atoms with Crippen LogP contribution in [0, 0.1) is 0 Å². The van der Waals surface area contributed by atoms with Crippen molar-refractivity contribution < 1.29 is 32.6 Å². The van der Waals surface area contributed by atoms with E-state index in [0.717, 1.165) is 17.0 Å². The van der Waals surface area contributed by atoms with Gasteiger partial charge in [0.05, 0.1) is 6.42 Å². The number of halogens is 3. The van der Waals surface area contributed by atoms with Gasteiger partial charge >= 0.3 is 12.3 Å². The van der Waals surface area contributed by atoms with E-state index in [9.17, 15) is 22.8 Å². The fourth-order valence-electron chi connectivity index (χ4n) is 1.53. The first-order chi connectivity index (χ1) is 9.60. The maximum absolute atomic E-state index is 12.1. The van der Waals surface area contributed by atoms with Crippen LogP contribution in [0.25, 0.3) is 0 Å². The zero-order valence-electron chi connectivity index (χ0n) is 11.3. The van der Waals surface area contributed by atoms with Crippen LogP contribution in [0.5, 0.6) is 5.75 Å². The highest BCUT2D eigenvalue weighted by Crippen LogP contribution is 2.23. The van der Waals surface area contributed by atoms with E-state index in [-0.39, 0.29) is 6.42 Å². The summed E-state index contributed by atoms with van der Waals surface area (Å²) in [5.41, 5.74) is 0.297. The highest BCUT2D eigenvalue weighted by Gasteiger charge is 2.31. The number of alkyl halides is 3. The molecule has 5 nitrogen and oxygen atoms in total. The molecule has 0 aromatic heterocycles. The molecule has 0 saturated carbocycles. The largest absolute Gasteiger partial charge is 0.573 e. The van der Waals surface area contributed by atoms with Crippen molar-refractivity contribution in [1.82, 2.24) is 4.90 Å². The van der Waals surface area contributed by atoms with Gasteiger partial charge in [0.15, 0.2) is 0 Å². The van der Waals surface area contributed by atoms with Crippen molar-refractivity contribution in [3.8, 4) is 5.75 Å². The van der Waals surface area contributed by atoms with Crippen molar-refractivity contribution in [3.63, 3.8) is 0 Å². The van der Waals surface area contributed by atoms with E-state index in [4.69, 9.17) is 5.11 Å². The summed E-state index contributed by atoms with van der Waals surface area (Å²) in [6.07, 6.45) is -5.03. The molecule has 0 aliphatic carbocycles. The Bertz CT molecular complexity index is 530. The molecular formula is C13H14F3NO4. The quantitative estimate of drug-likeness (QED) is 0.904. The van der Waals surface area contributed by atoms with E-state index in [1.165, 1.54) is 26.1 Å². The molecule has 1 aromatic carbocycles. The molecule has 0 radical (unpaired) electrons. The summed E-state index contributed by atoms with van der Waals surface area (Å²) >= 11 is 0. The first-order valence-corrected chi connectivity index (χ1v) is 5.93.